The summed E-state index contributed by atoms with van der Waals surface area (Å²) in [4.78, 5) is 24.3. The highest BCUT2D eigenvalue weighted by Gasteiger charge is 2.18. The molecule has 0 radical (unpaired) electrons. The number of rotatable bonds is 3. The Kier molecular flexibility index (Phi) is 3.98. The Balaban J connectivity index is 1.49. The topological polar surface area (TPSA) is 72.4 Å². The molecule has 0 aliphatic carbocycles. The highest BCUT2D eigenvalue weighted by molar-refractivity contribution is 6.11. The Morgan fingerprint density at radius 1 is 1.07 bits per heavy atom. The summed E-state index contributed by atoms with van der Waals surface area (Å²) < 4.78 is 7.61. The van der Waals surface area contributed by atoms with E-state index in [2.05, 4.69) is 34.3 Å². The average Bonchev–Trinajstić information content (AvgIpc) is 3.06. The van der Waals surface area contributed by atoms with Crippen LogP contribution >= 0.6 is 0 Å². The molecule has 2 heterocycles. The Morgan fingerprint density at radius 3 is 2.76 bits per heavy atom. The van der Waals surface area contributed by atoms with Gasteiger partial charge < -0.3 is 19.9 Å². The van der Waals surface area contributed by atoms with Crippen molar-refractivity contribution in [3.63, 3.8) is 0 Å². The van der Waals surface area contributed by atoms with Crippen LogP contribution in [-0.4, -0.2) is 23.0 Å². The van der Waals surface area contributed by atoms with Crippen molar-refractivity contribution in [3.8, 4) is 5.75 Å². The number of nitrogens with one attached hydrogen (secondary N) is 2. The first-order chi connectivity index (χ1) is 14.1. The molecular formula is C23H19N3O3. The summed E-state index contributed by atoms with van der Waals surface area (Å²) in [5, 5.41) is 7.95. The number of aryl methyl sites for hydroxylation is 1. The van der Waals surface area contributed by atoms with E-state index >= 15 is 0 Å². The molecule has 6 nitrogen and oxygen atoms in total. The predicted molar refractivity (Wildman–Crippen MR) is 114 cm³/mol. The molecule has 0 unspecified atom stereocenters. The number of aromatic nitrogens is 1. The molecule has 2 amide bonds. The Morgan fingerprint density at radius 2 is 1.90 bits per heavy atom. The zero-order valence-corrected chi connectivity index (χ0v) is 15.9. The van der Waals surface area contributed by atoms with E-state index in [0.29, 0.717) is 17.0 Å². The van der Waals surface area contributed by atoms with Crippen LogP contribution in [0.15, 0.2) is 60.7 Å². The summed E-state index contributed by atoms with van der Waals surface area (Å²) in [7, 11) is 0. The number of hydrogen-bond acceptors (Lipinski definition) is 3. The fourth-order valence-corrected chi connectivity index (χ4v) is 3.90. The molecule has 0 saturated heterocycles. The van der Waals surface area contributed by atoms with Crippen molar-refractivity contribution in [1.82, 2.24) is 4.57 Å². The number of amides is 2. The highest BCUT2D eigenvalue weighted by atomic mass is 16.5. The first-order valence-corrected chi connectivity index (χ1v) is 9.53. The molecule has 4 aromatic rings. The fourth-order valence-electron chi connectivity index (χ4n) is 3.90. The SMILES string of the molecule is CCn1c2ccccc2c2cc(NC(=O)c3ccc4c(c3)NC(=O)CO4)ccc21. The first kappa shape index (κ1) is 17.3. The zero-order valence-electron chi connectivity index (χ0n) is 15.9. The van der Waals surface area contributed by atoms with Gasteiger partial charge in [-0.05, 0) is 49.4 Å². The van der Waals surface area contributed by atoms with E-state index < -0.39 is 0 Å². The Hall–Kier alpha value is -3.80. The standard InChI is InChI=1S/C23H19N3O3/c1-2-26-19-6-4-3-5-16(19)17-12-15(8-9-20(17)26)24-23(28)14-7-10-21-18(11-14)25-22(27)13-29-21/h3-12H,2,13H2,1H3,(H,24,28)(H,25,27). The minimum Gasteiger partial charge on any atom is -0.482 e. The van der Waals surface area contributed by atoms with Crippen molar-refractivity contribution in [1.29, 1.82) is 0 Å². The summed E-state index contributed by atoms with van der Waals surface area (Å²) in [6.07, 6.45) is 0. The highest BCUT2D eigenvalue weighted by Crippen LogP contribution is 2.32. The normalized spacial score (nSPS) is 13.1. The van der Waals surface area contributed by atoms with E-state index in [1.165, 1.54) is 5.52 Å². The molecule has 2 N–H and O–H groups in total. The monoisotopic (exact) mass is 385 g/mol. The quantitative estimate of drug-likeness (QED) is 0.549. The molecule has 1 aliphatic rings. The lowest BCUT2D eigenvalue weighted by Gasteiger charge is -2.18. The molecule has 1 aromatic heterocycles. The van der Waals surface area contributed by atoms with Crippen LogP contribution in [0, 0.1) is 0 Å². The number of carbonyl (C=O) groups is 2. The van der Waals surface area contributed by atoms with Crippen LogP contribution in [0.1, 0.15) is 17.3 Å². The summed E-state index contributed by atoms with van der Waals surface area (Å²) in [6.45, 7) is 2.99. The molecular weight excluding hydrogens is 366 g/mol. The second kappa shape index (κ2) is 6.67. The predicted octanol–water partition coefficient (Wildman–Crippen LogP) is 4.40. The van der Waals surface area contributed by atoms with Crippen LogP contribution in [-0.2, 0) is 11.3 Å². The Bertz CT molecular complexity index is 1290. The van der Waals surface area contributed by atoms with Crippen LogP contribution < -0.4 is 15.4 Å². The molecule has 0 fully saturated rings. The molecule has 6 heteroatoms. The van der Waals surface area contributed by atoms with Crippen molar-refractivity contribution >= 4 is 45.0 Å². The van der Waals surface area contributed by atoms with Gasteiger partial charge in [0, 0.05) is 39.6 Å². The number of para-hydroxylation sites is 1. The maximum Gasteiger partial charge on any atom is 0.262 e. The van der Waals surface area contributed by atoms with E-state index in [1.807, 2.05) is 30.3 Å². The van der Waals surface area contributed by atoms with Gasteiger partial charge in [-0.15, -0.1) is 0 Å². The average molecular weight is 385 g/mol. The van der Waals surface area contributed by atoms with E-state index in [4.69, 9.17) is 4.74 Å². The lowest BCUT2D eigenvalue weighted by molar-refractivity contribution is -0.118. The van der Waals surface area contributed by atoms with Gasteiger partial charge in [0.2, 0.25) is 0 Å². The minimum atomic E-state index is -0.244. The third kappa shape index (κ3) is 2.89. The lowest BCUT2D eigenvalue weighted by Crippen LogP contribution is -2.25. The van der Waals surface area contributed by atoms with Gasteiger partial charge in [-0.1, -0.05) is 18.2 Å². The molecule has 0 atom stereocenters. The molecule has 0 spiro atoms. The van der Waals surface area contributed by atoms with Gasteiger partial charge in [-0.2, -0.15) is 0 Å². The van der Waals surface area contributed by atoms with Crippen molar-refractivity contribution in [2.45, 2.75) is 13.5 Å². The Labute approximate surface area is 167 Å². The van der Waals surface area contributed by atoms with Crippen LogP contribution in [0.2, 0.25) is 0 Å². The number of anilines is 2. The van der Waals surface area contributed by atoms with Crippen molar-refractivity contribution in [3.05, 3.63) is 66.2 Å². The van der Waals surface area contributed by atoms with Gasteiger partial charge in [0.15, 0.2) is 6.61 Å². The number of hydrogen-bond donors (Lipinski definition) is 2. The van der Waals surface area contributed by atoms with Gasteiger partial charge in [0.1, 0.15) is 5.75 Å². The lowest BCUT2D eigenvalue weighted by atomic mass is 10.1. The first-order valence-electron chi connectivity index (χ1n) is 9.53. The maximum atomic E-state index is 12.8. The van der Waals surface area contributed by atoms with Crippen molar-refractivity contribution in [2.75, 3.05) is 17.2 Å². The molecule has 5 rings (SSSR count). The fraction of sp³-hybridized carbons (Fsp3) is 0.130. The smallest absolute Gasteiger partial charge is 0.262 e. The minimum absolute atomic E-state index is 0.01000. The van der Waals surface area contributed by atoms with E-state index in [0.717, 1.165) is 28.5 Å². The number of fused-ring (bicyclic) bond motifs is 4. The van der Waals surface area contributed by atoms with Gasteiger partial charge >= 0.3 is 0 Å². The molecule has 29 heavy (non-hydrogen) atoms. The number of carbonyl (C=O) groups excluding carboxylic acids is 2. The van der Waals surface area contributed by atoms with E-state index in [1.54, 1.807) is 18.2 Å². The summed E-state index contributed by atoms with van der Waals surface area (Å²) >= 11 is 0. The van der Waals surface area contributed by atoms with Crippen LogP contribution in [0.5, 0.6) is 5.75 Å². The third-order valence-corrected chi connectivity index (χ3v) is 5.22. The van der Waals surface area contributed by atoms with Crippen LogP contribution in [0.3, 0.4) is 0 Å². The largest absolute Gasteiger partial charge is 0.482 e. The number of benzene rings is 3. The molecule has 0 bridgehead atoms. The van der Waals surface area contributed by atoms with Crippen molar-refractivity contribution < 1.29 is 14.3 Å². The molecule has 0 saturated carbocycles. The molecule has 3 aromatic carbocycles. The zero-order chi connectivity index (χ0) is 20.0. The van der Waals surface area contributed by atoms with Crippen molar-refractivity contribution in [2.24, 2.45) is 0 Å². The van der Waals surface area contributed by atoms with Gasteiger partial charge in [-0.3, -0.25) is 9.59 Å². The van der Waals surface area contributed by atoms with Crippen LogP contribution in [0.25, 0.3) is 21.8 Å². The van der Waals surface area contributed by atoms with Gasteiger partial charge in [-0.25, -0.2) is 0 Å². The number of nitrogens with zero attached hydrogens (tertiary/aromatic N) is 1. The second-order valence-electron chi connectivity index (χ2n) is 7.00. The van der Waals surface area contributed by atoms with Gasteiger partial charge in [0.25, 0.3) is 11.8 Å². The molecule has 1 aliphatic heterocycles. The molecule has 144 valence electrons. The van der Waals surface area contributed by atoms with Crippen LogP contribution in [0.4, 0.5) is 11.4 Å². The summed E-state index contributed by atoms with van der Waals surface area (Å²) in [6, 6.07) is 19.2. The van der Waals surface area contributed by atoms with Gasteiger partial charge in [0.05, 0.1) is 5.69 Å². The van der Waals surface area contributed by atoms with E-state index in [-0.39, 0.29) is 18.4 Å². The maximum absolute atomic E-state index is 12.8. The van der Waals surface area contributed by atoms with E-state index in [9.17, 15) is 9.59 Å². The third-order valence-electron chi connectivity index (χ3n) is 5.22. The summed E-state index contributed by atoms with van der Waals surface area (Å²) in [5.41, 5.74) is 4.00. The summed E-state index contributed by atoms with van der Waals surface area (Å²) in [5.74, 6) is 0.0916. The number of ether oxygens (including phenoxy) is 1. The second-order valence-corrected chi connectivity index (χ2v) is 7.00.